The van der Waals surface area contributed by atoms with Gasteiger partial charge in [-0.15, -0.1) is 0 Å². The van der Waals surface area contributed by atoms with Crippen LogP contribution in [0, 0.1) is 5.92 Å². The first kappa shape index (κ1) is 18.5. The summed E-state index contributed by atoms with van der Waals surface area (Å²) in [5.74, 6) is 1.46. The van der Waals surface area contributed by atoms with Crippen molar-refractivity contribution in [1.29, 1.82) is 0 Å². The number of likely N-dealkylation sites (tertiary alicyclic amines) is 1. The Bertz CT molecular complexity index is 978. The van der Waals surface area contributed by atoms with Gasteiger partial charge in [0.2, 0.25) is 6.41 Å². The number of aliphatic hydroxyl groups excluding tert-OH is 1. The highest BCUT2D eigenvalue weighted by molar-refractivity contribution is 5.87. The lowest BCUT2D eigenvalue weighted by Gasteiger charge is -2.62. The van der Waals surface area contributed by atoms with Crippen LogP contribution in [0.5, 0.6) is 0 Å². The number of H-pyrrole nitrogens is 1. The second-order valence-electron chi connectivity index (χ2n) is 8.24. The van der Waals surface area contributed by atoms with Crippen LogP contribution in [0.4, 0.5) is 5.82 Å². The molecule has 2 aromatic heterocycles. The molecule has 1 aromatic carbocycles. The molecule has 0 saturated carbocycles. The van der Waals surface area contributed by atoms with Gasteiger partial charge in [-0.3, -0.25) is 0 Å². The number of hydrogen-bond donors (Lipinski definition) is 2. The van der Waals surface area contributed by atoms with Gasteiger partial charge in [0.1, 0.15) is 17.8 Å². The molecular weight excluding hydrogens is 366 g/mol. The second-order valence-corrected chi connectivity index (χ2v) is 8.24. The average Bonchev–Trinajstić information content (AvgIpc) is 3.25. The van der Waals surface area contributed by atoms with E-state index in [1.807, 2.05) is 42.6 Å². The van der Waals surface area contributed by atoms with E-state index < -0.39 is 6.41 Å². The normalized spacial score (nSPS) is 26.0. The minimum atomic E-state index is -0.899. The van der Waals surface area contributed by atoms with Crippen molar-refractivity contribution >= 4 is 16.9 Å². The van der Waals surface area contributed by atoms with Crippen molar-refractivity contribution in [3.8, 4) is 0 Å². The standard InChI is InChI=1S/C22H27N5O2/c1-16-12-27(21(28)29-13-17-6-3-2-4-7-17)22(16)9-5-11-26(14-22)20-18-8-10-23-19(18)24-15-25-20/h2-4,6-8,10,15-16,21,28H,5,9,11-14H2,1H3,(H,23,24,25). The first-order valence-electron chi connectivity index (χ1n) is 10.3. The van der Waals surface area contributed by atoms with Crippen LogP contribution >= 0.6 is 0 Å². The van der Waals surface area contributed by atoms with Crippen molar-refractivity contribution in [1.82, 2.24) is 19.9 Å². The number of fused-ring (bicyclic) bond motifs is 1. The molecule has 2 fully saturated rings. The monoisotopic (exact) mass is 393 g/mol. The third-order valence-electron chi connectivity index (χ3n) is 6.60. The maximum absolute atomic E-state index is 10.8. The third-order valence-corrected chi connectivity index (χ3v) is 6.60. The van der Waals surface area contributed by atoms with Gasteiger partial charge in [-0.1, -0.05) is 37.3 Å². The van der Waals surface area contributed by atoms with E-state index in [2.05, 4.69) is 31.7 Å². The first-order valence-corrected chi connectivity index (χ1v) is 10.3. The molecule has 2 aliphatic rings. The van der Waals surface area contributed by atoms with Gasteiger partial charge in [-0.2, -0.15) is 0 Å². The molecule has 0 bridgehead atoms. The number of ether oxygens (including phenoxy) is 1. The summed E-state index contributed by atoms with van der Waals surface area (Å²) >= 11 is 0. The van der Waals surface area contributed by atoms with Gasteiger partial charge in [0.05, 0.1) is 12.0 Å². The molecule has 2 N–H and O–H groups in total. The number of aliphatic hydroxyl groups is 1. The van der Waals surface area contributed by atoms with E-state index >= 15 is 0 Å². The number of nitrogens with zero attached hydrogens (tertiary/aromatic N) is 4. The van der Waals surface area contributed by atoms with E-state index in [4.69, 9.17) is 4.74 Å². The molecule has 3 unspecified atom stereocenters. The minimum absolute atomic E-state index is 0.0953. The Morgan fingerprint density at radius 3 is 2.97 bits per heavy atom. The highest BCUT2D eigenvalue weighted by atomic mass is 16.6. The summed E-state index contributed by atoms with van der Waals surface area (Å²) in [7, 11) is 0. The van der Waals surface area contributed by atoms with E-state index in [9.17, 15) is 5.11 Å². The van der Waals surface area contributed by atoms with Gasteiger partial charge in [-0.25, -0.2) is 14.9 Å². The van der Waals surface area contributed by atoms with E-state index in [-0.39, 0.29) is 5.54 Å². The summed E-state index contributed by atoms with van der Waals surface area (Å²) in [5.41, 5.74) is 1.83. The summed E-state index contributed by atoms with van der Waals surface area (Å²) in [6.07, 6.45) is 4.74. The molecule has 2 saturated heterocycles. The lowest BCUT2D eigenvalue weighted by atomic mass is 9.70. The number of hydrogen-bond acceptors (Lipinski definition) is 6. The van der Waals surface area contributed by atoms with E-state index in [1.165, 1.54) is 0 Å². The molecule has 7 nitrogen and oxygen atoms in total. The van der Waals surface area contributed by atoms with Crippen molar-refractivity contribution in [2.24, 2.45) is 5.92 Å². The van der Waals surface area contributed by atoms with Gasteiger partial charge < -0.3 is 19.7 Å². The van der Waals surface area contributed by atoms with Crippen molar-refractivity contribution < 1.29 is 9.84 Å². The Balaban J connectivity index is 1.33. The highest BCUT2D eigenvalue weighted by Crippen LogP contribution is 2.45. The summed E-state index contributed by atoms with van der Waals surface area (Å²) in [4.78, 5) is 16.5. The molecule has 152 valence electrons. The van der Waals surface area contributed by atoms with Gasteiger partial charge in [0.25, 0.3) is 0 Å². The van der Waals surface area contributed by atoms with Crippen molar-refractivity contribution in [3.63, 3.8) is 0 Å². The fraction of sp³-hybridized carbons (Fsp3) is 0.455. The van der Waals surface area contributed by atoms with Crippen molar-refractivity contribution in [2.45, 2.75) is 38.3 Å². The van der Waals surface area contributed by atoms with E-state index in [0.717, 1.165) is 54.9 Å². The Hall–Kier alpha value is -2.48. The molecule has 0 radical (unpaired) electrons. The fourth-order valence-corrected chi connectivity index (χ4v) is 4.96. The summed E-state index contributed by atoms with van der Waals surface area (Å²) in [5, 5.41) is 11.9. The molecule has 4 heterocycles. The molecule has 5 rings (SSSR count). The van der Waals surface area contributed by atoms with Crippen molar-refractivity contribution in [3.05, 3.63) is 54.5 Å². The number of rotatable bonds is 5. The Morgan fingerprint density at radius 1 is 1.28 bits per heavy atom. The van der Waals surface area contributed by atoms with Crippen LogP contribution in [0.25, 0.3) is 11.0 Å². The van der Waals surface area contributed by atoms with Crippen LogP contribution in [0.3, 0.4) is 0 Å². The Labute approximate surface area is 170 Å². The topological polar surface area (TPSA) is 77.5 Å². The molecule has 1 spiro atoms. The van der Waals surface area contributed by atoms with Crippen LogP contribution in [-0.2, 0) is 11.3 Å². The van der Waals surface area contributed by atoms with E-state index in [1.54, 1.807) is 6.33 Å². The first-order chi connectivity index (χ1) is 14.2. The summed E-state index contributed by atoms with van der Waals surface area (Å²) in [6.45, 7) is 5.31. The lowest BCUT2D eigenvalue weighted by molar-refractivity contribution is -0.279. The predicted molar refractivity (Wildman–Crippen MR) is 111 cm³/mol. The molecule has 29 heavy (non-hydrogen) atoms. The highest BCUT2D eigenvalue weighted by Gasteiger charge is 2.55. The van der Waals surface area contributed by atoms with Crippen LogP contribution in [-0.4, -0.2) is 56.5 Å². The molecule has 0 aliphatic carbocycles. The number of anilines is 1. The zero-order chi connectivity index (χ0) is 19.8. The zero-order valence-electron chi connectivity index (χ0n) is 16.7. The number of aromatic nitrogens is 3. The third kappa shape index (κ3) is 3.19. The lowest BCUT2D eigenvalue weighted by Crippen LogP contribution is -2.74. The Morgan fingerprint density at radius 2 is 2.14 bits per heavy atom. The zero-order valence-corrected chi connectivity index (χ0v) is 16.7. The maximum Gasteiger partial charge on any atom is 0.216 e. The van der Waals surface area contributed by atoms with Crippen LogP contribution < -0.4 is 4.90 Å². The van der Waals surface area contributed by atoms with Crippen LogP contribution in [0.1, 0.15) is 25.3 Å². The fourth-order valence-electron chi connectivity index (χ4n) is 4.96. The smallest absolute Gasteiger partial charge is 0.216 e. The predicted octanol–water partition coefficient (Wildman–Crippen LogP) is 2.74. The molecule has 3 atom stereocenters. The average molecular weight is 393 g/mol. The van der Waals surface area contributed by atoms with Gasteiger partial charge in [-0.05, 0) is 30.4 Å². The maximum atomic E-state index is 10.8. The Kier molecular flexibility index (Phi) is 4.73. The molecule has 7 heteroatoms. The number of aromatic amines is 1. The van der Waals surface area contributed by atoms with Gasteiger partial charge >= 0.3 is 0 Å². The summed E-state index contributed by atoms with van der Waals surface area (Å²) < 4.78 is 5.84. The number of piperidine rings is 1. The quantitative estimate of drug-likeness (QED) is 0.649. The van der Waals surface area contributed by atoms with E-state index in [0.29, 0.717) is 12.5 Å². The van der Waals surface area contributed by atoms with Crippen molar-refractivity contribution in [2.75, 3.05) is 24.5 Å². The minimum Gasteiger partial charge on any atom is -0.356 e. The molecule has 2 aliphatic heterocycles. The molecular formula is C22H27N5O2. The van der Waals surface area contributed by atoms with Gasteiger partial charge in [0.15, 0.2) is 0 Å². The van der Waals surface area contributed by atoms with Gasteiger partial charge in [0, 0.05) is 31.4 Å². The second kappa shape index (κ2) is 7.40. The molecule has 3 aromatic rings. The molecule has 0 amide bonds. The number of benzene rings is 1. The van der Waals surface area contributed by atoms with Crippen LogP contribution in [0.2, 0.25) is 0 Å². The van der Waals surface area contributed by atoms with Crippen LogP contribution in [0.15, 0.2) is 48.9 Å². The summed E-state index contributed by atoms with van der Waals surface area (Å²) in [6, 6.07) is 12.0. The largest absolute Gasteiger partial charge is 0.356 e. The SMILES string of the molecule is CC1CN(C(O)OCc2ccccc2)C12CCCN(c1ncnc3[nH]ccc13)C2. The number of nitrogens with one attached hydrogen (secondary N) is 1.